The van der Waals surface area contributed by atoms with Crippen molar-refractivity contribution in [2.75, 3.05) is 0 Å². The summed E-state index contributed by atoms with van der Waals surface area (Å²) >= 11 is 4.66. The molecule has 0 saturated heterocycles. The Morgan fingerprint density at radius 2 is 2.36 bits per heavy atom. The van der Waals surface area contributed by atoms with Gasteiger partial charge in [-0.1, -0.05) is 0 Å². The minimum atomic E-state index is -0.921. The summed E-state index contributed by atoms with van der Waals surface area (Å²) < 4.78 is 6.04. The Bertz CT molecular complexity index is 472. The van der Waals surface area contributed by atoms with E-state index in [1.54, 1.807) is 23.8 Å². The molecule has 0 aliphatic carbocycles. The van der Waals surface area contributed by atoms with Gasteiger partial charge in [-0.3, -0.25) is 0 Å². The molecule has 2 heterocycles. The zero-order chi connectivity index (χ0) is 10.1. The predicted octanol–water partition coefficient (Wildman–Crippen LogP) is 3.47. The third kappa shape index (κ3) is 1.60. The highest BCUT2D eigenvalue weighted by molar-refractivity contribution is 9.10. The Hall–Kier alpha value is -1.07. The van der Waals surface area contributed by atoms with Gasteiger partial charge in [0.2, 0.25) is 0 Å². The Morgan fingerprint density at radius 3 is 2.86 bits per heavy atom. The summed E-state index contributed by atoms with van der Waals surface area (Å²) in [5, 5.41) is 10.3. The van der Waals surface area contributed by atoms with Crippen molar-refractivity contribution < 1.29 is 14.3 Å². The van der Waals surface area contributed by atoms with Crippen molar-refractivity contribution in [1.29, 1.82) is 0 Å². The lowest BCUT2D eigenvalue weighted by atomic mass is 10.3. The number of thiophene rings is 1. The first-order valence-electron chi connectivity index (χ1n) is 3.73. The van der Waals surface area contributed by atoms with Gasteiger partial charge < -0.3 is 9.52 Å². The van der Waals surface area contributed by atoms with Gasteiger partial charge in [0.25, 0.3) is 0 Å². The van der Waals surface area contributed by atoms with Crippen LogP contribution in [0.4, 0.5) is 0 Å². The number of carboxylic acid groups (broad SMARTS) is 1. The van der Waals surface area contributed by atoms with Crippen LogP contribution in [0.3, 0.4) is 0 Å². The third-order valence-corrected chi connectivity index (χ3v) is 3.24. The molecule has 2 aromatic rings. The fourth-order valence-electron chi connectivity index (χ4n) is 1.04. The number of furan rings is 1. The Morgan fingerprint density at radius 1 is 1.57 bits per heavy atom. The summed E-state index contributed by atoms with van der Waals surface area (Å²) in [4.78, 5) is 11.4. The first kappa shape index (κ1) is 9.48. The van der Waals surface area contributed by atoms with Crippen LogP contribution in [0.5, 0.6) is 0 Å². The highest BCUT2D eigenvalue weighted by atomic mass is 79.9. The van der Waals surface area contributed by atoms with Gasteiger partial charge in [0.05, 0.1) is 21.2 Å². The van der Waals surface area contributed by atoms with Gasteiger partial charge in [0.15, 0.2) is 5.76 Å². The second kappa shape index (κ2) is 3.59. The Labute approximate surface area is 92.1 Å². The van der Waals surface area contributed by atoms with Gasteiger partial charge in [0, 0.05) is 5.38 Å². The molecular weight excluding hydrogens is 268 g/mol. The van der Waals surface area contributed by atoms with Gasteiger partial charge in [-0.05, 0) is 28.1 Å². The maximum atomic E-state index is 10.6. The Balaban J connectivity index is 2.43. The molecule has 0 amide bonds. The molecule has 5 heteroatoms. The smallest absolute Gasteiger partial charge is 0.336 e. The van der Waals surface area contributed by atoms with E-state index in [1.807, 2.05) is 0 Å². The van der Waals surface area contributed by atoms with Gasteiger partial charge >= 0.3 is 5.97 Å². The lowest BCUT2D eigenvalue weighted by Gasteiger charge is -1.90. The largest absolute Gasteiger partial charge is 0.478 e. The van der Waals surface area contributed by atoms with Crippen molar-refractivity contribution in [3.8, 4) is 10.6 Å². The zero-order valence-electron chi connectivity index (χ0n) is 6.86. The molecule has 0 atom stereocenters. The quantitative estimate of drug-likeness (QED) is 0.911. The molecule has 72 valence electrons. The number of halogens is 1. The van der Waals surface area contributed by atoms with E-state index in [0.29, 0.717) is 5.76 Å². The van der Waals surface area contributed by atoms with Crippen LogP contribution in [-0.4, -0.2) is 11.1 Å². The topological polar surface area (TPSA) is 50.4 Å². The summed E-state index contributed by atoms with van der Waals surface area (Å²) in [7, 11) is 0. The summed E-state index contributed by atoms with van der Waals surface area (Å²) in [5.74, 6) is -0.252. The summed E-state index contributed by atoms with van der Waals surface area (Å²) in [6.45, 7) is 0. The van der Waals surface area contributed by atoms with E-state index in [4.69, 9.17) is 9.52 Å². The van der Waals surface area contributed by atoms with Crippen LogP contribution in [-0.2, 0) is 0 Å². The van der Waals surface area contributed by atoms with Crippen LogP contribution in [0.25, 0.3) is 10.6 Å². The molecule has 2 rings (SSSR count). The minimum Gasteiger partial charge on any atom is -0.478 e. The summed E-state index contributed by atoms with van der Waals surface area (Å²) in [6, 6.07) is 3.37. The van der Waals surface area contributed by atoms with Crippen LogP contribution in [0.2, 0.25) is 0 Å². The molecule has 3 nitrogen and oxygen atoms in total. The van der Waals surface area contributed by atoms with Crippen LogP contribution < -0.4 is 0 Å². The summed E-state index contributed by atoms with van der Waals surface area (Å²) in [6.07, 6.45) is 1.56. The second-order valence-electron chi connectivity index (χ2n) is 2.60. The van der Waals surface area contributed by atoms with E-state index in [2.05, 4.69) is 15.9 Å². The molecule has 0 radical (unpaired) electrons. The number of aromatic carboxylic acids is 1. The zero-order valence-corrected chi connectivity index (χ0v) is 9.26. The maximum absolute atomic E-state index is 10.6. The van der Waals surface area contributed by atoms with Crippen molar-refractivity contribution >= 4 is 33.2 Å². The van der Waals surface area contributed by atoms with E-state index in [9.17, 15) is 4.79 Å². The van der Waals surface area contributed by atoms with Gasteiger partial charge in [0.1, 0.15) is 0 Å². The average Bonchev–Trinajstić information content (AvgIpc) is 2.71. The fraction of sp³-hybridized carbons (Fsp3) is 0. The molecule has 0 aliphatic heterocycles. The van der Waals surface area contributed by atoms with E-state index < -0.39 is 5.97 Å². The molecular formula is C9H5BrO3S. The number of hydrogen-bond acceptors (Lipinski definition) is 3. The normalized spacial score (nSPS) is 10.4. The molecule has 0 aliphatic rings. The fourth-order valence-corrected chi connectivity index (χ4v) is 2.47. The standard InChI is InChI=1S/C9H5BrO3S/c10-6-1-2-13-8(6)7-3-5(4-14-7)9(11)12/h1-4H,(H,11,12). The Kier molecular flexibility index (Phi) is 2.43. The molecule has 0 unspecified atom stereocenters. The molecule has 0 saturated carbocycles. The molecule has 2 aromatic heterocycles. The first-order chi connectivity index (χ1) is 6.68. The number of carbonyl (C=O) groups is 1. The van der Waals surface area contributed by atoms with E-state index in [0.717, 1.165) is 9.35 Å². The molecule has 0 spiro atoms. The lowest BCUT2D eigenvalue weighted by molar-refractivity contribution is 0.0697. The molecule has 0 aromatic carbocycles. The van der Waals surface area contributed by atoms with Crippen LogP contribution in [0.15, 0.2) is 32.7 Å². The van der Waals surface area contributed by atoms with Crippen LogP contribution in [0.1, 0.15) is 10.4 Å². The van der Waals surface area contributed by atoms with E-state index >= 15 is 0 Å². The third-order valence-electron chi connectivity index (χ3n) is 1.69. The highest BCUT2D eigenvalue weighted by Crippen LogP contribution is 2.33. The second-order valence-corrected chi connectivity index (χ2v) is 4.37. The van der Waals surface area contributed by atoms with Gasteiger partial charge in [-0.15, -0.1) is 11.3 Å². The predicted molar refractivity (Wildman–Crippen MR) is 56.7 cm³/mol. The van der Waals surface area contributed by atoms with E-state index in [-0.39, 0.29) is 5.56 Å². The minimum absolute atomic E-state index is 0.285. The van der Waals surface area contributed by atoms with Crippen molar-refractivity contribution in [2.24, 2.45) is 0 Å². The first-order valence-corrected chi connectivity index (χ1v) is 5.41. The highest BCUT2D eigenvalue weighted by Gasteiger charge is 2.12. The monoisotopic (exact) mass is 272 g/mol. The molecule has 0 bridgehead atoms. The van der Waals surface area contributed by atoms with Gasteiger partial charge in [-0.2, -0.15) is 0 Å². The maximum Gasteiger partial charge on any atom is 0.336 e. The van der Waals surface area contributed by atoms with Crippen molar-refractivity contribution in [1.82, 2.24) is 0 Å². The number of hydrogen-bond donors (Lipinski definition) is 1. The number of rotatable bonds is 2. The average molecular weight is 273 g/mol. The van der Waals surface area contributed by atoms with Crippen molar-refractivity contribution in [3.63, 3.8) is 0 Å². The van der Waals surface area contributed by atoms with Crippen molar-refractivity contribution in [3.05, 3.63) is 33.8 Å². The number of carboxylic acids is 1. The summed E-state index contributed by atoms with van der Waals surface area (Å²) in [5.41, 5.74) is 0.285. The SMILES string of the molecule is O=C(O)c1csc(-c2occc2Br)c1. The lowest BCUT2D eigenvalue weighted by Crippen LogP contribution is -1.91. The van der Waals surface area contributed by atoms with Gasteiger partial charge in [-0.25, -0.2) is 4.79 Å². The van der Waals surface area contributed by atoms with Crippen LogP contribution >= 0.6 is 27.3 Å². The molecule has 1 N–H and O–H groups in total. The van der Waals surface area contributed by atoms with Crippen LogP contribution in [0, 0.1) is 0 Å². The van der Waals surface area contributed by atoms with E-state index in [1.165, 1.54) is 11.3 Å². The molecule has 0 fully saturated rings. The molecule has 14 heavy (non-hydrogen) atoms. The van der Waals surface area contributed by atoms with Crippen molar-refractivity contribution in [2.45, 2.75) is 0 Å².